The number of benzene rings is 1. The molecule has 1 aromatic carbocycles. The molecular weight excluding hydrogens is 368 g/mol. The van der Waals surface area contributed by atoms with Crippen molar-refractivity contribution in [2.24, 2.45) is 0 Å². The van der Waals surface area contributed by atoms with Gasteiger partial charge in [0.2, 0.25) is 11.8 Å². The fourth-order valence-electron chi connectivity index (χ4n) is 2.57. The van der Waals surface area contributed by atoms with Crippen LogP contribution in [0, 0.1) is 0 Å². The molecule has 2 unspecified atom stereocenters. The summed E-state index contributed by atoms with van der Waals surface area (Å²) in [7, 11) is -1.43. The largest absolute Gasteiger partial charge is 0.496 e. The second kappa shape index (κ2) is 7.89. The molecule has 11 heteroatoms. The van der Waals surface area contributed by atoms with E-state index < -0.39 is 40.0 Å². The van der Waals surface area contributed by atoms with E-state index in [1.165, 1.54) is 14.2 Å². The van der Waals surface area contributed by atoms with E-state index >= 15 is 0 Å². The van der Waals surface area contributed by atoms with Crippen molar-refractivity contribution in [2.75, 3.05) is 20.2 Å². The van der Waals surface area contributed by atoms with Crippen molar-refractivity contribution < 1.29 is 36.9 Å². The predicted octanol–water partition coefficient (Wildman–Crippen LogP) is -0.261. The molecule has 2 N–H and O–H groups in total. The van der Waals surface area contributed by atoms with Gasteiger partial charge in [0, 0.05) is 5.56 Å². The normalized spacial score (nSPS) is 19.7. The van der Waals surface area contributed by atoms with Crippen LogP contribution in [0.4, 0.5) is 0 Å². The highest BCUT2D eigenvalue weighted by atomic mass is 32.2. The number of nitrogens with zero attached hydrogens (tertiary/aromatic N) is 1. The van der Waals surface area contributed by atoms with Gasteiger partial charge in [0.1, 0.15) is 17.5 Å². The van der Waals surface area contributed by atoms with Crippen LogP contribution in [-0.4, -0.2) is 62.1 Å². The molecule has 0 aromatic heterocycles. The van der Waals surface area contributed by atoms with Crippen molar-refractivity contribution in [1.29, 1.82) is 0 Å². The Hall–Kier alpha value is -2.37. The van der Waals surface area contributed by atoms with Gasteiger partial charge in [0.05, 0.1) is 26.7 Å². The predicted molar refractivity (Wildman–Crippen MR) is 89.0 cm³/mol. The van der Waals surface area contributed by atoms with E-state index in [1.807, 2.05) is 0 Å². The van der Waals surface area contributed by atoms with Crippen molar-refractivity contribution >= 4 is 21.9 Å². The molecule has 1 aliphatic heterocycles. The van der Waals surface area contributed by atoms with Crippen LogP contribution in [0.1, 0.15) is 12.5 Å². The number of carbonyl (C=O) groups excluding carboxylic acids is 2. The van der Waals surface area contributed by atoms with E-state index in [2.05, 4.69) is 5.32 Å². The van der Waals surface area contributed by atoms with Crippen molar-refractivity contribution in [3.8, 4) is 11.5 Å². The molecule has 1 aromatic rings. The fourth-order valence-corrected chi connectivity index (χ4v) is 2.82. The summed E-state index contributed by atoms with van der Waals surface area (Å²) in [6.45, 7) is 1.57. The Morgan fingerprint density at radius 3 is 2.31 bits per heavy atom. The van der Waals surface area contributed by atoms with E-state index in [9.17, 15) is 18.0 Å². The summed E-state index contributed by atoms with van der Waals surface area (Å²) in [4.78, 5) is 29.0. The van der Waals surface area contributed by atoms with Crippen LogP contribution in [0.15, 0.2) is 18.2 Å². The van der Waals surface area contributed by atoms with Gasteiger partial charge in [-0.1, -0.05) is 6.07 Å². The summed E-state index contributed by atoms with van der Waals surface area (Å²) in [6.07, 6.45) is -0.0738. The highest BCUT2D eigenvalue weighted by molar-refractivity contribution is 7.85. The minimum atomic E-state index is -4.37. The third kappa shape index (κ3) is 4.42. The number of rotatable bonds is 8. The molecule has 1 heterocycles. The molecule has 0 radical (unpaired) electrons. The molecule has 1 saturated heterocycles. The van der Waals surface area contributed by atoms with Crippen LogP contribution in [0.3, 0.4) is 0 Å². The molecule has 0 spiro atoms. The zero-order valence-corrected chi connectivity index (χ0v) is 15.3. The zero-order valence-electron chi connectivity index (χ0n) is 14.5. The number of ether oxygens (including phenoxy) is 2. The number of carbonyl (C=O) groups is 2. The molecule has 26 heavy (non-hydrogen) atoms. The minimum absolute atomic E-state index is 0.0738. The Morgan fingerprint density at radius 1 is 1.27 bits per heavy atom. The molecule has 10 nitrogen and oxygen atoms in total. The van der Waals surface area contributed by atoms with Gasteiger partial charge in [-0.25, -0.2) is 5.06 Å². The molecule has 1 fully saturated rings. The third-order valence-electron chi connectivity index (χ3n) is 3.86. The lowest BCUT2D eigenvalue weighted by Gasteiger charge is -2.43. The second-order valence-corrected chi connectivity index (χ2v) is 7.00. The van der Waals surface area contributed by atoms with E-state index in [0.717, 1.165) is 5.06 Å². The van der Waals surface area contributed by atoms with Gasteiger partial charge in [-0.2, -0.15) is 8.42 Å². The smallest absolute Gasteiger partial charge is 0.292 e. The lowest BCUT2D eigenvalue weighted by Crippen LogP contribution is -2.69. The molecule has 1 aliphatic rings. The molecule has 0 bridgehead atoms. The maximum Gasteiger partial charge on any atom is 0.292 e. The van der Waals surface area contributed by atoms with E-state index in [-0.39, 0.29) is 6.42 Å². The number of hydrogen-bond acceptors (Lipinski definition) is 7. The summed E-state index contributed by atoms with van der Waals surface area (Å²) in [5.74, 6) is -1.13. The van der Waals surface area contributed by atoms with Gasteiger partial charge in [-0.3, -0.25) is 19.0 Å². The average molecular weight is 388 g/mol. The van der Waals surface area contributed by atoms with Crippen LogP contribution >= 0.6 is 0 Å². The molecule has 2 atom stereocenters. The van der Waals surface area contributed by atoms with Gasteiger partial charge in [0.15, 0.2) is 0 Å². The summed E-state index contributed by atoms with van der Waals surface area (Å²) in [5, 5.41) is 3.35. The highest BCUT2D eigenvalue weighted by Gasteiger charge is 2.47. The van der Waals surface area contributed by atoms with Crippen molar-refractivity contribution in [3.05, 3.63) is 23.8 Å². The first kappa shape index (κ1) is 19.9. The number of hydroxylamine groups is 2. The Morgan fingerprint density at radius 2 is 1.85 bits per heavy atom. The minimum Gasteiger partial charge on any atom is -0.496 e. The van der Waals surface area contributed by atoms with Crippen LogP contribution in [0.5, 0.6) is 11.5 Å². The number of methoxy groups -OCH3 is 2. The highest BCUT2D eigenvalue weighted by Crippen LogP contribution is 2.29. The summed E-state index contributed by atoms with van der Waals surface area (Å²) < 4.78 is 40.4. The lowest BCUT2D eigenvalue weighted by molar-refractivity contribution is -0.224. The lowest BCUT2D eigenvalue weighted by atomic mass is 9.99. The first-order chi connectivity index (χ1) is 12.2. The molecule has 0 aliphatic carbocycles. The number of amides is 2. The molecular formula is C15H20N2O8S. The quantitative estimate of drug-likeness (QED) is 0.460. The van der Waals surface area contributed by atoms with Gasteiger partial charge >= 0.3 is 0 Å². The maximum absolute atomic E-state index is 12.3. The van der Waals surface area contributed by atoms with Crippen molar-refractivity contribution in [3.63, 3.8) is 0 Å². The SMILES string of the molecule is COc1cccc(OC)c1CC(=O)NC1C(=O)N(OCS(=O)(=O)O)C1C. The second-order valence-electron chi connectivity index (χ2n) is 5.60. The summed E-state index contributed by atoms with van der Waals surface area (Å²) in [6, 6.07) is 3.65. The maximum atomic E-state index is 12.3. The van der Waals surface area contributed by atoms with E-state index in [1.54, 1.807) is 25.1 Å². The molecule has 144 valence electrons. The number of β-lactam (4-membered cyclic amide) rings is 1. The Balaban J connectivity index is 1.98. The standard InChI is InChI=1S/C15H20N2O8S/c1-9-14(15(19)17(9)25-8-26(20,21)22)16-13(18)7-10-11(23-2)5-4-6-12(10)24-3/h4-6,9,14H,7-8H2,1-3H3,(H,16,18)(H,20,21,22). The first-order valence-electron chi connectivity index (χ1n) is 7.58. The average Bonchev–Trinajstić information content (AvgIpc) is 2.59. The summed E-state index contributed by atoms with van der Waals surface area (Å²) >= 11 is 0. The first-order valence-corrected chi connectivity index (χ1v) is 9.19. The molecule has 2 rings (SSSR count). The number of nitrogens with one attached hydrogen (secondary N) is 1. The van der Waals surface area contributed by atoms with Crippen molar-refractivity contribution in [2.45, 2.75) is 25.4 Å². The fraction of sp³-hybridized carbons (Fsp3) is 0.467. The van der Waals surface area contributed by atoms with E-state index in [0.29, 0.717) is 17.1 Å². The van der Waals surface area contributed by atoms with E-state index in [4.69, 9.17) is 18.9 Å². The Labute approximate surface area is 150 Å². The Kier molecular flexibility index (Phi) is 6.05. The summed E-state index contributed by atoms with van der Waals surface area (Å²) in [5.41, 5.74) is 0.536. The topological polar surface area (TPSA) is 131 Å². The number of hydrogen-bond donors (Lipinski definition) is 2. The van der Waals surface area contributed by atoms with Crippen LogP contribution in [-0.2, 0) is 31.0 Å². The molecule has 0 saturated carbocycles. The Bertz CT molecular complexity index is 773. The van der Waals surface area contributed by atoms with Crippen LogP contribution < -0.4 is 14.8 Å². The van der Waals surface area contributed by atoms with Crippen molar-refractivity contribution in [1.82, 2.24) is 10.4 Å². The van der Waals surface area contributed by atoms with Crippen LogP contribution in [0.25, 0.3) is 0 Å². The van der Waals surface area contributed by atoms with Crippen LogP contribution in [0.2, 0.25) is 0 Å². The van der Waals surface area contributed by atoms with Gasteiger partial charge in [-0.15, -0.1) is 0 Å². The van der Waals surface area contributed by atoms with Gasteiger partial charge in [-0.05, 0) is 19.1 Å². The van der Waals surface area contributed by atoms with Gasteiger partial charge in [0.25, 0.3) is 16.0 Å². The van der Waals surface area contributed by atoms with Gasteiger partial charge < -0.3 is 14.8 Å². The third-order valence-corrected chi connectivity index (χ3v) is 4.26. The molecule has 2 amide bonds. The monoisotopic (exact) mass is 388 g/mol. The zero-order chi connectivity index (χ0) is 19.5.